The molecule has 0 radical (unpaired) electrons. The Morgan fingerprint density at radius 2 is 2.00 bits per heavy atom. The van der Waals surface area contributed by atoms with E-state index in [-0.39, 0.29) is 30.0 Å². The second kappa shape index (κ2) is 11.0. The van der Waals surface area contributed by atoms with Crippen LogP contribution in [0.5, 0.6) is 11.5 Å². The molecule has 7 heteroatoms. The van der Waals surface area contributed by atoms with E-state index in [1.807, 2.05) is 42.5 Å². The largest absolute Gasteiger partial charge is 0.497 e. The lowest BCUT2D eigenvalue weighted by atomic mass is 10.0. The van der Waals surface area contributed by atoms with E-state index in [1.165, 1.54) is 0 Å². The molecule has 1 aliphatic heterocycles. The van der Waals surface area contributed by atoms with Gasteiger partial charge in [0, 0.05) is 12.0 Å². The third kappa shape index (κ3) is 6.28. The summed E-state index contributed by atoms with van der Waals surface area (Å²) in [5.41, 5.74) is 8.23. The van der Waals surface area contributed by atoms with Crippen LogP contribution in [0.2, 0.25) is 0 Å². The highest BCUT2D eigenvalue weighted by molar-refractivity contribution is 14.0. The molecular formula is C20H26IN3O3. The van der Waals surface area contributed by atoms with Crippen LogP contribution < -0.4 is 20.5 Å². The van der Waals surface area contributed by atoms with Gasteiger partial charge in [0.1, 0.15) is 11.5 Å². The van der Waals surface area contributed by atoms with E-state index >= 15 is 0 Å². The number of aliphatic imine (C=N–C) groups is 1. The van der Waals surface area contributed by atoms with Crippen molar-refractivity contribution < 1.29 is 14.2 Å². The summed E-state index contributed by atoms with van der Waals surface area (Å²) in [6, 6.07) is 15.9. The smallest absolute Gasteiger partial charge is 0.189 e. The molecule has 0 aliphatic carbocycles. The van der Waals surface area contributed by atoms with Crippen molar-refractivity contribution in [3.8, 4) is 11.5 Å². The van der Waals surface area contributed by atoms with Gasteiger partial charge in [-0.3, -0.25) is 4.99 Å². The van der Waals surface area contributed by atoms with Gasteiger partial charge < -0.3 is 25.3 Å². The first-order valence-electron chi connectivity index (χ1n) is 8.75. The predicted octanol–water partition coefficient (Wildman–Crippen LogP) is 3.26. The molecule has 2 aromatic carbocycles. The number of halogens is 1. The number of nitrogens with one attached hydrogen (secondary N) is 1. The van der Waals surface area contributed by atoms with Crippen molar-refractivity contribution in [2.45, 2.75) is 19.1 Å². The molecule has 146 valence electrons. The lowest BCUT2D eigenvalue weighted by Crippen LogP contribution is -2.37. The van der Waals surface area contributed by atoms with Crippen molar-refractivity contribution in [3.05, 3.63) is 59.7 Å². The van der Waals surface area contributed by atoms with Crippen LogP contribution in [0.3, 0.4) is 0 Å². The summed E-state index contributed by atoms with van der Waals surface area (Å²) < 4.78 is 16.4. The standard InChI is InChI=1S/C20H25N3O3.HI/c1-24-16-8-6-15(7-9-16)14-25-13-11-22-20(21)23-18-10-12-26-19-5-3-2-4-17(18)19;/h2-9,18H,10-14H2,1H3,(H3,21,22,23);1H. The van der Waals surface area contributed by atoms with Gasteiger partial charge >= 0.3 is 0 Å². The van der Waals surface area contributed by atoms with E-state index in [0.29, 0.717) is 32.3 Å². The summed E-state index contributed by atoms with van der Waals surface area (Å²) in [6.07, 6.45) is 0.862. The highest BCUT2D eigenvalue weighted by atomic mass is 127. The molecule has 3 rings (SSSR count). The predicted molar refractivity (Wildman–Crippen MR) is 117 cm³/mol. The number of hydrogen-bond donors (Lipinski definition) is 2. The molecule has 0 saturated carbocycles. The van der Waals surface area contributed by atoms with Gasteiger partial charge in [0.25, 0.3) is 0 Å². The van der Waals surface area contributed by atoms with Crippen molar-refractivity contribution in [1.82, 2.24) is 5.32 Å². The topological polar surface area (TPSA) is 78.1 Å². The molecule has 1 unspecified atom stereocenters. The monoisotopic (exact) mass is 483 g/mol. The number of nitrogens with two attached hydrogens (primary N) is 1. The molecule has 0 fully saturated rings. The maximum absolute atomic E-state index is 6.02. The van der Waals surface area contributed by atoms with Crippen molar-refractivity contribution >= 4 is 29.9 Å². The number of methoxy groups -OCH3 is 1. The Hall–Kier alpha value is -2.00. The van der Waals surface area contributed by atoms with Crippen LogP contribution in [0.4, 0.5) is 0 Å². The SMILES string of the molecule is COc1ccc(COCCN=C(N)NC2CCOc3ccccc32)cc1.I. The van der Waals surface area contributed by atoms with Crippen LogP contribution in [0, 0.1) is 0 Å². The zero-order valence-corrected chi connectivity index (χ0v) is 17.7. The van der Waals surface area contributed by atoms with E-state index < -0.39 is 0 Å². The summed E-state index contributed by atoms with van der Waals surface area (Å²) in [5, 5.41) is 3.27. The zero-order chi connectivity index (χ0) is 18.2. The van der Waals surface area contributed by atoms with Gasteiger partial charge in [0.15, 0.2) is 5.96 Å². The molecule has 0 aromatic heterocycles. The van der Waals surface area contributed by atoms with Gasteiger partial charge in [-0.25, -0.2) is 0 Å². The molecular weight excluding hydrogens is 457 g/mol. The quantitative estimate of drug-likeness (QED) is 0.274. The first-order chi connectivity index (χ1) is 12.8. The number of fused-ring (bicyclic) bond motifs is 1. The third-order valence-corrected chi connectivity index (χ3v) is 4.23. The first-order valence-corrected chi connectivity index (χ1v) is 8.75. The van der Waals surface area contributed by atoms with Crippen molar-refractivity contribution in [2.75, 3.05) is 26.9 Å². The number of guanidine groups is 1. The van der Waals surface area contributed by atoms with E-state index in [2.05, 4.69) is 16.4 Å². The molecule has 1 atom stereocenters. The van der Waals surface area contributed by atoms with Gasteiger partial charge in [0.05, 0.1) is 39.5 Å². The zero-order valence-electron chi connectivity index (χ0n) is 15.4. The minimum absolute atomic E-state index is 0. The average Bonchev–Trinajstić information content (AvgIpc) is 2.68. The normalized spacial score (nSPS) is 15.9. The Morgan fingerprint density at radius 3 is 2.78 bits per heavy atom. The molecule has 0 bridgehead atoms. The molecule has 27 heavy (non-hydrogen) atoms. The second-order valence-corrected chi connectivity index (χ2v) is 6.04. The number of ether oxygens (including phenoxy) is 3. The third-order valence-electron chi connectivity index (χ3n) is 4.23. The van der Waals surface area contributed by atoms with Crippen LogP contribution in [0.25, 0.3) is 0 Å². The number of benzene rings is 2. The fraction of sp³-hybridized carbons (Fsp3) is 0.350. The highest BCUT2D eigenvalue weighted by Crippen LogP contribution is 2.31. The number of para-hydroxylation sites is 1. The fourth-order valence-corrected chi connectivity index (χ4v) is 2.86. The molecule has 2 aromatic rings. The van der Waals surface area contributed by atoms with Gasteiger partial charge in [-0.05, 0) is 23.8 Å². The Balaban J connectivity index is 0.00000261. The maximum atomic E-state index is 6.02. The first kappa shape index (κ1) is 21.3. The summed E-state index contributed by atoms with van der Waals surface area (Å²) >= 11 is 0. The fourth-order valence-electron chi connectivity index (χ4n) is 2.86. The summed E-state index contributed by atoms with van der Waals surface area (Å²) in [6.45, 7) is 2.24. The van der Waals surface area contributed by atoms with Crippen molar-refractivity contribution in [1.29, 1.82) is 0 Å². The van der Waals surface area contributed by atoms with Crippen LogP contribution in [0.15, 0.2) is 53.5 Å². The highest BCUT2D eigenvalue weighted by Gasteiger charge is 2.21. The van der Waals surface area contributed by atoms with E-state index in [9.17, 15) is 0 Å². The van der Waals surface area contributed by atoms with Gasteiger partial charge in [-0.2, -0.15) is 0 Å². The van der Waals surface area contributed by atoms with Crippen LogP contribution >= 0.6 is 24.0 Å². The summed E-state index contributed by atoms with van der Waals surface area (Å²) in [4.78, 5) is 4.35. The summed E-state index contributed by atoms with van der Waals surface area (Å²) in [7, 11) is 1.65. The lowest BCUT2D eigenvalue weighted by molar-refractivity contribution is 0.128. The van der Waals surface area contributed by atoms with E-state index in [1.54, 1.807) is 7.11 Å². The van der Waals surface area contributed by atoms with E-state index in [0.717, 1.165) is 29.0 Å². The number of rotatable bonds is 7. The molecule has 0 saturated heterocycles. The molecule has 3 N–H and O–H groups in total. The minimum Gasteiger partial charge on any atom is -0.497 e. The second-order valence-electron chi connectivity index (χ2n) is 6.04. The van der Waals surface area contributed by atoms with Crippen molar-refractivity contribution in [2.24, 2.45) is 10.7 Å². The van der Waals surface area contributed by atoms with Crippen LogP contribution in [-0.2, 0) is 11.3 Å². The van der Waals surface area contributed by atoms with Gasteiger partial charge in [-0.1, -0.05) is 30.3 Å². The Labute approximate surface area is 177 Å². The van der Waals surface area contributed by atoms with Crippen LogP contribution in [-0.4, -0.2) is 32.8 Å². The molecule has 1 heterocycles. The molecule has 1 aliphatic rings. The minimum atomic E-state index is 0. The molecule has 6 nitrogen and oxygen atoms in total. The Morgan fingerprint density at radius 1 is 1.22 bits per heavy atom. The Kier molecular flexibility index (Phi) is 8.66. The van der Waals surface area contributed by atoms with E-state index in [4.69, 9.17) is 19.9 Å². The molecule has 0 spiro atoms. The Bertz CT molecular complexity index is 738. The van der Waals surface area contributed by atoms with Gasteiger partial charge in [0.2, 0.25) is 0 Å². The number of nitrogens with zero attached hydrogens (tertiary/aromatic N) is 1. The summed E-state index contributed by atoms with van der Waals surface area (Å²) in [5.74, 6) is 2.18. The van der Waals surface area contributed by atoms with Crippen LogP contribution in [0.1, 0.15) is 23.6 Å². The molecule has 0 amide bonds. The lowest BCUT2D eigenvalue weighted by Gasteiger charge is -2.26. The van der Waals surface area contributed by atoms with Gasteiger partial charge in [-0.15, -0.1) is 24.0 Å². The number of hydrogen-bond acceptors (Lipinski definition) is 4. The van der Waals surface area contributed by atoms with Crippen molar-refractivity contribution in [3.63, 3.8) is 0 Å². The maximum Gasteiger partial charge on any atom is 0.189 e. The average molecular weight is 483 g/mol.